The summed E-state index contributed by atoms with van der Waals surface area (Å²) in [6.07, 6.45) is 10.1. The van der Waals surface area contributed by atoms with Gasteiger partial charge in [0.25, 0.3) is 0 Å². The van der Waals surface area contributed by atoms with Gasteiger partial charge in [-0.3, -0.25) is 9.32 Å². The van der Waals surface area contributed by atoms with Gasteiger partial charge in [-0.2, -0.15) is 0 Å². The number of phosphoric acid groups is 1. The number of allylic oxidation sites excluding steroid dienone is 2. The van der Waals surface area contributed by atoms with Gasteiger partial charge in [0, 0.05) is 0 Å². The molecule has 7 heteroatoms. The van der Waals surface area contributed by atoms with Crippen LogP contribution in [0.2, 0.25) is 0 Å². The zero-order valence-corrected chi connectivity index (χ0v) is 24.8. The van der Waals surface area contributed by atoms with Gasteiger partial charge in [0.15, 0.2) is 0 Å². The monoisotopic (exact) mass is 536 g/mol. The van der Waals surface area contributed by atoms with Crippen LogP contribution in [-0.2, 0) is 13.9 Å². The third-order valence-electron chi connectivity index (χ3n) is 13.6. The predicted octanol–water partition coefficient (Wildman–Crippen LogP) is 7.21. The van der Waals surface area contributed by atoms with E-state index in [-0.39, 0.29) is 27.6 Å². The summed E-state index contributed by atoms with van der Waals surface area (Å²) in [4.78, 5) is 32.0. The fraction of sp³-hybridized carbons (Fsp3) is 0.900. The number of aliphatic carboxylic acids is 1. The van der Waals surface area contributed by atoms with Crippen LogP contribution in [0.15, 0.2) is 11.6 Å². The molecular weight excluding hydrogens is 487 g/mol. The summed E-state index contributed by atoms with van der Waals surface area (Å²) in [5.41, 5.74) is 0.574. The minimum Gasteiger partial charge on any atom is -0.481 e. The highest BCUT2D eigenvalue weighted by atomic mass is 31.2. The van der Waals surface area contributed by atoms with E-state index in [1.807, 2.05) is 0 Å². The van der Waals surface area contributed by atoms with Crippen LogP contribution in [0.5, 0.6) is 0 Å². The van der Waals surface area contributed by atoms with E-state index in [2.05, 4.69) is 54.5 Å². The Hall–Kier alpha value is -0.680. The maximum atomic E-state index is 12.8. The van der Waals surface area contributed by atoms with Crippen molar-refractivity contribution in [1.82, 2.24) is 0 Å². The van der Waals surface area contributed by atoms with Gasteiger partial charge in [0.2, 0.25) is 0 Å². The van der Waals surface area contributed by atoms with Gasteiger partial charge < -0.3 is 14.9 Å². The minimum absolute atomic E-state index is 0.0256. The molecule has 10 atom stereocenters. The van der Waals surface area contributed by atoms with Crippen molar-refractivity contribution in [1.29, 1.82) is 0 Å². The summed E-state index contributed by atoms with van der Waals surface area (Å²) >= 11 is 0. The minimum atomic E-state index is -4.55. The molecule has 5 aliphatic carbocycles. The van der Waals surface area contributed by atoms with Crippen LogP contribution in [-0.4, -0.2) is 27.0 Å². The van der Waals surface area contributed by atoms with Crippen LogP contribution in [0.1, 0.15) is 106 Å². The first-order valence-electron chi connectivity index (χ1n) is 14.6. The third kappa shape index (κ3) is 3.67. The molecule has 0 spiro atoms. The van der Waals surface area contributed by atoms with Crippen molar-refractivity contribution in [3.63, 3.8) is 0 Å². The molecule has 0 saturated heterocycles. The van der Waals surface area contributed by atoms with Crippen LogP contribution in [0, 0.1) is 56.7 Å². The smallest absolute Gasteiger partial charge is 0.469 e. The molecule has 4 saturated carbocycles. The molecule has 5 aliphatic rings. The Bertz CT molecular complexity index is 1050. The maximum Gasteiger partial charge on any atom is 0.469 e. The Labute approximate surface area is 223 Å². The van der Waals surface area contributed by atoms with Crippen LogP contribution >= 0.6 is 7.82 Å². The Morgan fingerprint density at radius 1 is 0.946 bits per heavy atom. The van der Waals surface area contributed by atoms with Gasteiger partial charge in [-0.05, 0) is 109 Å². The van der Waals surface area contributed by atoms with Crippen molar-refractivity contribution in [2.24, 2.45) is 56.7 Å². The normalized spacial score (nSPS) is 51.1. The van der Waals surface area contributed by atoms with Crippen LogP contribution < -0.4 is 0 Å². The van der Waals surface area contributed by atoms with Crippen molar-refractivity contribution in [3.05, 3.63) is 11.6 Å². The Balaban J connectivity index is 1.55. The van der Waals surface area contributed by atoms with E-state index in [9.17, 15) is 24.3 Å². The lowest BCUT2D eigenvalue weighted by Gasteiger charge is -2.71. The molecule has 0 radical (unpaired) electrons. The first-order chi connectivity index (χ1) is 16.9. The van der Waals surface area contributed by atoms with E-state index in [0.717, 1.165) is 51.4 Å². The second kappa shape index (κ2) is 8.41. The van der Waals surface area contributed by atoms with Crippen molar-refractivity contribution < 1.29 is 28.8 Å². The molecule has 37 heavy (non-hydrogen) atoms. The van der Waals surface area contributed by atoms with Crippen molar-refractivity contribution >= 4 is 13.8 Å². The zero-order valence-electron chi connectivity index (χ0n) is 23.9. The maximum absolute atomic E-state index is 12.8. The highest BCUT2D eigenvalue weighted by molar-refractivity contribution is 7.46. The standard InChI is InChI=1S/C30H49O6P/c1-18-10-15-30(25(31)32)17-16-28(6)20(24(30)19(18)2)8-9-22-27(5)13-12-23(36-37(33,34)35)26(3,4)21(27)11-14-29(22,28)7/h8,18-19,21-24H,9-17H2,1-7H3,(H,31,32)(H2,33,34,35)/t18-,19+,21?,22-,23+,24+,27+,28-,29-,30+/m1/s1. The summed E-state index contributed by atoms with van der Waals surface area (Å²) in [5, 5.41) is 10.6. The molecule has 0 aromatic carbocycles. The third-order valence-corrected chi connectivity index (χ3v) is 14.1. The van der Waals surface area contributed by atoms with Crippen molar-refractivity contribution in [2.45, 2.75) is 112 Å². The molecule has 5 rings (SSSR count). The molecular formula is C30H49O6P. The van der Waals surface area contributed by atoms with Gasteiger partial charge in [0.1, 0.15) is 0 Å². The van der Waals surface area contributed by atoms with Gasteiger partial charge in [0.05, 0.1) is 11.5 Å². The van der Waals surface area contributed by atoms with Gasteiger partial charge in [-0.25, -0.2) is 4.57 Å². The predicted molar refractivity (Wildman–Crippen MR) is 144 cm³/mol. The van der Waals surface area contributed by atoms with Gasteiger partial charge >= 0.3 is 13.8 Å². The Kier molecular flexibility index (Phi) is 6.34. The van der Waals surface area contributed by atoms with Gasteiger partial charge in [-0.15, -0.1) is 0 Å². The van der Waals surface area contributed by atoms with E-state index in [1.165, 1.54) is 5.57 Å². The van der Waals surface area contributed by atoms with Crippen LogP contribution in [0.3, 0.4) is 0 Å². The fourth-order valence-corrected chi connectivity index (χ4v) is 11.9. The summed E-state index contributed by atoms with van der Waals surface area (Å²) in [5.74, 6) is 1.19. The number of carboxylic acid groups (broad SMARTS) is 1. The average molecular weight is 537 g/mol. The number of carboxylic acids is 1. The first-order valence-corrected chi connectivity index (χ1v) is 16.1. The lowest BCUT2D eigenvalue weighted by Crippen LogP contribution is -2.65. The SMILES string of the molecule is C[C@H]1[C@H](C)CC[C@]2(C(=O)O)CC[C@]3(C)C(=CC[C@@H]4[C@@]5(C)CC[C@H](OP(=O)(O)O)C(C)(C)C5CC[C@]43C)[C@H]12. The van der Waals surface area contributed by atoms with E-state index >= 15 is 0 Å². The highest BCUT2D eigenvalue weighted by Crippen LogP contribution is 2.76. The van der Waals surface area contributed by atoms with Crippen LogP contribution in [0.25, 0.3) is 0 Å². The van der Waals surface area contributed by atoms with E-state index in [0.29, 0.717) is 30.1 Å². The second-order valence-electron chi connectivity index (χ2n) is 15.1. The molecule has 0 aromatic rings. The summed E-state index contributed by atoms with van der Waals surface area (Å²) in [7, 11) is -4.55. The molecule has 0 aliphatic heterocycles. The van der Waals surface area contributed by atoms with Crippen LogP contribution in [0.4, 0.5) is 0 Å². The van der Waals surface area contributed by atoms with E-state index < -0.39 is 25.3 Å². The highest BCUT2D eigenvalue weighted by Gasteiger charge is 2.69. The second-order valence-corrected chi connectivity index (χ2v) is 16.2. The first kappa shape index (κ1) is 27.9. The average Bonchev–Trinajstić information content (AvgIpc) is 2.78. The van der Waals surface area contributed by atoms with Crippen molar-refractivity contribution in [2.75, 3.05) is 0 Å². The number of carbonyl (C=O) groups is 1. The molecule has 6 nitrogen and oxygen atoms in total. The largest absolute Gasteiger partial charge is 0.481 e. The van der Waals surface area contributed by atoms with Crippen molar-refractivity contribution in [3.8, 4) is 0 Å². The Morgan fingerprint density at radius 3 is 2.24 bits per heavy atom. The molecule has 4 fully saturated rings. The molecule has 0 amide bonds. The van der Waals surface area contributed by atoms with Gasteiger partial charge in [-0.1, -0.05) is 60.1 Å². The topological polar surface area (TPSA) is 104 Å². The number of phosphoric ester groups is 1. The molecule has 0 bridgehead atoms. The van der Waals surface area contributed by atoms with E-state index in [4.69, 9.17) is 4.52 Å². The number of hydrogen-bond donors (Lipinski definition) is 3. The molecule has 0 heterocycles. The van der Waals surface area contributed by atoms with E-state index in [1.54, 1.807) is 0 Å². The summed E-state index contributed by atoms with van der Waals surface area (Å²) < 4.78 is 17.1. The summed E-state index contributed by atoms with van der Waals surface area (Å²) in [6, 6.07) is 0. The molecule has 3 N–H and O–H groups in total. The number of fused-ring (bicyclic) bond motifs is 7. The lowest BCUT2D eigenvalue weighted by atomic mass is 9.33. The molecule has 210 valence electrons. The molecule has 1 unspecified atom stereocenters. The molecule has 0 aromatic heterocycles. The number of hydrogen-bond acceptors (Lipinski definition) is 3. The Morgan fingerprint density at radius 2 is 1.62 bits per heavy atom. The summed E-state index contributed by atoms with van der Waals surface area (Å²) in [6.45, 7) is 16.3. The zero-order chi connectivity index (χ0) is 27.4. The fourth-order valence-electron chi connectivity index (χ4n) is 11.2. The number of rotatable bonds is 3. The lowest BCUT2D eigenvalue weighted by molar-refractivity contribution is -0.204. The quantitative estimate of drug-likeness (QED) is 0.260.